The summed E-state index contributed by atoms with van der Waals surface area (Å²) in [5, 5.41) is 2.69. The number of nitrogens with one attached hydrogen (secondary N) is 1. The molecule has 1 saturated carbocycles. The molecule has 27 heavy (non-hydrogen) atoms. The molecule has 1 atom stereocenters. The number of esters is 1. The van der Waals surface area contributed by atoms with E-state index >= 15 is 0 Å². The van der Waals surface area contributed by atoms with E-state index in [0.717, 1.165) is 31.2 Å². The molecule has 0 bridgehead atoms. The molecule has 2 fully saturated rings. The van der Waals surface area contributed by atoms with Gasteiger partial charge in [-0.15, -0.1) is 0 Å². The van der Waals surface area contributed by atoms with Crippen LogP contribution in [0.25, 0.3) is 0 Å². The highest BCUT2D eigenvalue weighted by atomic mass is 16.5. The predicted molar refractivity (Wildman–Crippen MR) is 99.4 cm³/mol. The standard InChI is InChI=1S/C20H26N2O5/c1-13-7-8-17(26-2)16(9-13)21-18(23)12-27-20(25)14-10-19(24)22(11-14)15-5-3-4-6-15/h7-9,14-15H,3-6,10-12H2,1-2H3,(H,21,23)/t14-/m1/s1. The number of nitrogens with zero attached hydrogens (tertiary/aromatic N) is 1. The Hall–Kier alpha value is -2.57. The van der Waals surface area contributed by atoms with Gasteiger partial charge in [0.1, 0.15) is 5.75 Å². The summed E-state index contributed by atoms with van der Waals surface area (Å²) in [4.78, 5) is 38.4. The number of ether oxygens (including phenoxy) is 2. The highest BCUT2D eigenvalue weighted by molar-refractivity contribution is 5.95. The molecule has 1 N–H and O–H groups in total. The van der Waals surface area contributed by atoms with Crippen LogP contribution in [-0.2, 0) is 19.1 Å². The molecular formula is C20H26N2O5. The van der Waals surface area contributed by atoms with Crippen LogP contribution in [-0.4, -0.2) is 49.0 Å². The smallest absolute Gasteiger partial charge is 0.311 e. The molecule has 146 valence electrons. The predicted octanol–water partition coefficient (Wildman–Crippen LogP) is 2.28. The molecule has 1 aromatic carbocycles. The first-order chi connectivity index (χ1) is 13.0. The Labute approximate surface area is 159 Å². The summed E-state index contributed by atoms with van der Waals surface area (Å²) in [7, 11) is 1.52. The maximum absolute atomic E-state index is 12.3. The number of hydrogen-bond donors (Lipinski definition) is 1. The van der Waals surface area contributed by atoms with E-state index in [1.54, 1.807) is 12.1 Å². The topological polar surface area (TPSA) is 84.9 Å². The molecule has 0 unspecified atom stereocenters. The highest BCUT2D eigenvalue weighted by Gasteiger charge is 2.39. The quantitative estimate of drug-likeness (QED) is 0.772. The molecule has 0 aromatic heterocycles. The monoisotopic (exact) mass is 374 g/mol. The number of carbonyl (C=O) groups is 3. The molecule has 3 rings (SSSR count). The number of anilines is 1. The van der Waals surface area contributed by atoms with Gasteiger partial charge >= 0.3 is 5.97 Å². The first-order valence-corrected chi connectivity index (χ1v) is 9.38. The van der Waals surface area contributed by atoms with Crippen molar-refractivity contribution in [1.29, 1.82) is 0 Å². The van der Waals surface area contributed by atoms with Gasteiger partial charge in [0.05, 0.1) is 18.7 Å². The van der Waals surface area contributed by atoms with Gasteiger partial charge in [0, 0.05) is 19.0 Å². The van der Waals surface area contributed by atoms with Crippen molar-refractivity contribution in [2.24, 2.45) is 5.92 Å². The first-order valence-electron chi connectivity index (χ1n) is 9.38. The Morgan fingerprint density at radius 3 is 2.70 bits per heavy atom. The number of amides is 2. The maximum atomic E-state index is 12.3. The maximum Gasteiger partial charge on any atom is 0.311 e. The fraction of sp³-hybridized carbons (Fsp3) is 0.550. The van der Waals surface area contributed by atoms with Crippen molar-refractivity contribution in [2.45, 2.75) is 45.1 Å². The van der Waals surface area contributed by atoms with Crippen LogP contribution < -0.4 is 10.1 Å². The lowest BCUT2D eigenvalue weighted by Crippen LogP contribution is -2.35. The molecule has 0 spiro atoms. The lowest BCUT2D eigenvalue weighted by atomic mass is 10.1. The fourth-order valence-electron chi connectivity index (χ4n) is 3.82. The van der Waals surface area contributed by atoms with E-state index in [4.69, 9.17) is 9.47 Å². The average molecular weight is 374 g/mol. The van der Waals surface area contributed by atoms with Crippen molar-refractivity contribution in [2.75, 3.05) is 25.6 Å². The van der Waals surface area contributed by atoms with Crippen LogP contribution in [0.1, 0.15) is 37.7 Å². The zero-order valence-corrected chi connectivity index (χ0v) is 15.8. The summed E-state index contributed by atoms with van der Waals surface area (Å²) >= 11 is 0. The molecule has 7 nitrogen and oxygen atoms in total. The zero-order valence-electron chi connectivity index (χ0n) is 15.8. The van der Waals surface area contributed by atoms with E-state index in [2.05, 4.69) is 5.32 Å². The lowest BCUT2D eigenvalue weighted by Gasteiger charge is -2.23. The molecule has 1 aliphatic carbocycles. The van der Waals surface area contributed by atoms with Crippen LogP contribution in [0.4, 0.5) is 5.69 Å². The molecular weight excluding hydrogens is 348 g/mol. The molecule has 2 aliphatic rings. The Balaban J connectivity index is 1.50. The van der Waals surface area contributed by atoms with Crippen molar-refractivity contribution in [3.63, 3.8) is 0 Å². The summed E-state index contributed by atoms with van der Waals surface area (Å²) in [6.07, 6.45) is 4.45. The number of aryl methyl sites for hydroxylation is 1. The van der Waals surface area contributed by atoms with E-state index in [9.17, 15) is 14.4 Å². The van der Waals surface area contributed by atoms with E-state index in [1.807, 2.05) is 17.9 Å². The number of benzene rings is 1. The number of hydrogen-bond acceptors (Lipinski definition) is 5. The van der Waals surface area contributed by atoms with E-state index in [0.29, 0.717) is 18.0 Å². The Kier molecular flexibility index (Phi) is 5.98. The molecule has 1 saturated heterocycles. The van der Waals surface area contributed by atoms with Gasteiger partial charge in [-0.05, 0) is 37.5 Å². The SMILES string of the molecule is COc1ccc(C)cc1NC(=O)COC(=O)[C@@H]1CC(=O)N(C2CCCC2)C1. The van der Waals surface area contributed by atoms with Crippen LogP contribution in [0.3, 0.4) is 0 Å². The minimum Gasteiger partial charge on any atom is -0.495 e. The Morgan fingerprint density at radius 1 is 1.26 bits per heavy atom. The highest BCUT2D eigenvalue weighted by Crippen LogP contribution is 2.30. The van der Waals surface area contributed by atoms with Gasteiger partial charge in [-0.1, -0.05) is 18.9 Å². The summed E-state index contributed by atoms with van der Waals surface area (Å²) in [6, 6.07) is 5.68. The van der Waals surface area contributed by atoms with Gasteiger partial charge in [0.25, 0.3) is 5.91 Å². The summed E-state index contributed by atoms with van der Waals surface area (Å²) in [5.74, 6) is -0.870. The molecule has 0 radical (unpaired) electrons. The molecule has 7 heteroatoms. The van der Waals surface area contributed by atoms with Crippen LogP contribution in [0.15, 0.2) is 18.2 Å². The van der Waals surface area contributed by atoms with Crippen molar-refractivity contribution < 1.29 is 23.9 Å². The fourth-order valence-corrected chi connectivity index (χ4v) is 3.82. The summed E-state index contributed by atoms with van der Waals surface area (Å²) < 4.78 is 10.4. The normalized spacial score (nSPS) is 20.0. The van der Waals surface area contributed by atoms with Crippen molar-refractivity contribution >= 4 is 23.5 Å². The van der Waals surface area contributed by atoms with Crippen LogP contribution in [0.2, 0.25) is 0 Å². The number of methoxy groups -OCH3 is 1. The molecule has 1 aliphatic heterocycles. The van der Waals surface area contributed by atoms with Gasteiger partial charge in [0.15, 0.2) is 6.61 Å². The molecule has 2 amide bonds. The molecule has 1 heterocycles. The third-order valence-corrected chi connectivity index (χ3v) is 5.23. The van der Waals surface area contributed by atoms with Gasteiger partial charge in [-0.25, -0.2) is 0 Å². The van der Waals surface area contributed by atoms with Crippen molar-refractivity contribution in [3.8, 4) is 5.75 Å². The zero-order chi connectivity index (χ0) is 19.4. The van der Waals surface area contributed by atoms with Gasteiger partial charge < -0.3 is 19.7 Å². The summed E-state index contributed by atoms with van der Waals surface area (Å²) in [6.45, 7) is 1.92. The van der Waals surface area contributed by atoms with E-state index in [-0.39, 0.29) is 25.0 Å². The lowest BCUT2D eigenvalue weighted by molar-refractivity contribution is -0.151. The largest absolute Gasteiger partial charge is 0.495 e. The second-order valence-electron chi connectivity index (χ2n) is 7.25. The first kappa shape index (κ1) is 19.2. The average Bonchev–Trinajstić information content (AvgIpc) is 3.29. The van der Waals surface area contributed by atoms with Crippen molar-refractivity contribution in [1.82, 2.24) is 4.90 Å². The minimum atomic E-state index is -0.491. The van der Waals surface area contributed by atoms with Crippen LogP contribution >= 0.6 is 0 Å². The third-order valence-electron chi connectivity index (χ3n) is 5.23. The number of rotatable bonds is 6. The van der Waals surface area contributed by atoms with Crippen LogP contribution in [0, 0.1) is 12.8 Å². The Morgan fingerprint density at radius 2 is 2.00 bits per heavy atom. The summed E-state index contributed by atoms with van der Waals surface area (Å²) in [5.41, 5.74) is 1.50. The van der Waals surface area contributed by atoms with Crippen LogP contribution in [0.5, 0.6) is 5.75 Å². The second kappa shape index (κ2) is 8.41. The second-order valence-corrected chi connectivity index (χ2v) is 7.25. The van der Waals surface area contributed by atoms with E-state index in [1.165, 1.54) is 7.11 Å². The van der Waals surface area contributed by atoms with Gasteiger partial charge in [-0.3, -0.25) is 14.4 Å². The Bertz CT molecular complexity index is 727. The molecule has 1 aromatic rings. The minimum absolute atomic E-state index is 0.0119. The number of carbonyl (C=O) groups excluding carboxylic acids is 3. The van der Waals surface area contributed by atoms with Crippen molar-refractivity contribution in [3.05, 3.63) is 23.8 Å². The third kappa shape index (κ3) is 4.59. The number of likely N-dealkylation sites (tertiary alicyclic amines) is 1. The van der Waals surface area contributed by atoms with Gasteiger partial charge in [-0.2, -0.15) is 0 Å². The van der Waals surface area contributed by atoms with E-state index < -0.39 is 17.8 Å². The van der Waals surface area contributed by atoms with Gasteiger partial charge in [0.2, 0.25) is 5.91 Å².